The highest BCUT2D eigenvalue weighted by molar-refractivity contribution is 6.23. The van der Waals surface area contributed by atoms with Crippen LogP contribution in [0.2, 0.25) is 0 Å². The monoisotopic (exact) mass is 582 g/mol. The van der Waals surface area contributed by atoms with Gasteiger partial charge in [-0.05, 0) is 47.7 Å². The second kappa shape index (κ2) is 11.9. The molecule has 5 aromatic rings. The maximum Gasteiger partial charge on any atom is 0.262 e. The summed E-state index contributed by atoms with van der Waals surface area (Å²) in [5.74, 6) is -0.698. The first-order valence-corrected chi connectivity index (χ1v) is 14.5. The Bertz CT molecular complexity index is 1850. The minimum absolute atomic E-state index is 0.0137. The Kier molecular flexibility index (Phi) is 7.69. The summed E-state index contributed by atoms with van der Waals surface area (Å²) in [5, 5.41) is 13.6. The molecule has 3 amide bonds. The molecule has 0 aliphatic carbocycles. The number of imide groups is 1. The van der Waals surface area contributed by atoms with E-state index in [1.165, 1.54) is 0 Å². The average molecular weight is 583 g/mol. The second-order valence-corrected chi connectivity index (χ2v) is 11.1. The molecule has 0 bridgehead atoms. The number of amides is 3. The van der Waals surface area contributed by atoms with E-state index in [2.05, 4.69) is 11.4 Å². The largest absolute Gasteiger partial charge is 0.467 e. The van der Waals surface area contributed by atoms with Crippen molar-refractivity contribution in [3.63, 3.8) is 0 Å². The quantitative estimate of drug-likeness (QED) is 0.189. The predicted octanol–water partition coefficient (Wildman–Crippen LogP) is 6.98. The third kappa shape index (κ3) is 5.09. The number of carbonyl (C=O) groups is 3. The highest BCUT2D eigenvalue weighted by Crippen LogP contribution is 2.42. The first-order valence-electron chi connectivity index (χ1n) is 14.5. The molecule has 8 heteroatoms. The lowest BCUT2D eigenvalue weighted by molar-refractivity contribution is -0.120. The highest BCUT2D eigenvalue weighted by Gasteiger charge is 2.43. The van der Waals surface area contributed by atoms with Crippen molar-refractivity contribution in [2.45, 2.75) is 32.9 Å². The molecule has 0 fully saturated rings. The van der Waals surface area contributed by atoms with Crippen LogP contribution in [0.5, 0.6) is 0 Å². The van der Waals surface area contributed by atoms with E-state index in [-0.39, 0.29) is 41.4 Å². The summed E-state index contributed by atoms with van der Waals surface area (Å²) in [4.78, 5) is 42.3. The number of benzene rings is 3. The molecule has 1 aliphatic heterocycles. The van der Waals surface area contributed by atoms with Gasteiger partial charge in [-0.25, -0.2) is 0 Å². The van der Waals surface area contributed by atoms with Gasteiger partial charge in [0.1, 0.15) is 29.3 Å². The molecule has 3 heterocycles. The minimum atomic E-state index is -1.10. The number of hydrogen-bond donors (Lipinski definition) is 1. The number of anilines is 1. The molecule has 1 atom stereocenters. The molecule has 8 nitrogen and oxygen atoms in total. The Balaban J connectivity index is 1.52. The van der Waals surface area contributed by atoms with Crippen molar-refractivity contribution in [1.29, 1.82) is 5.26 Å². The molecule has 0 radical (unpaired) electrons. The molecule has 1 unspecified atom stereocenters. The third-order valence-corrected chi connectivity index (χ3v) is 7.76. The zero-order chi connectivity index (χ0) is 30.8. The van der Waals surface area contributed by atoms with E-state index in [4.69, 9.17) is 4.42 Å². The number of aromatic nitrogens is 1. The fraction of sp³-hybridized carbons (Fsp3) is 0.167. The number of nitrogens with zero attached hydrogens (tertiary/aromatic N) is 3. The lowest BCUT2D eigenvalue weighted by atomic mass is 9.98. The Morgan fingerprint density at radius 2 is 1.43 bits per heavy atom. The summed E-state index contributed by atoms with van der Waals surface area (Å²) >= 11 is 0. The molecule has 1 N–H and O–H groups in total. The van der Waals surface area contributed by atoms with Gasteiger partial charge in [-0.2, -0.15) is 5.26 Å². The molecule has 1 aliphatic rings. The topological polar surface area (TPSA) is 108 Å². The maximum absolute atomic E-state index is 14.3. The second-order valence-electron chi connectivity index (χ2n) is 11.1. The van der Waals surface area contributed by atoms with Crippen LogP contribution in [0.15, 0.2) is 108 Å². The Hall–Kier alpha value is -5.68. The number of fused-ring (bicyclic) bond motifs is 1. The van der Waals surface area contributed by atoms with Crippen LogP contribution in [0.1, 0.15) is 52.3 Å². The molecule has 44 heavy (non-hydrogen) atoms. The molecule has 0 saturated heterocycles. The zero-order valence-electron chi connectivity index (χ0n) is 24.4. The Morgan fingerprint density at radius 1 is 0.841 bits per heavy atom. The summed E-state index contributed by atoms with van der Waals surface area (Å²) in [6, 6.07) is 30.6. The average Bonchev–Trinajstić information content (AvgIpc) is 3.73. The van der Waals surface area contributed by atoms with Crippen LogP contribution >= 0.6 is 0 Å². The van der Waals surface area contributed by atoms with Crippen LogP contribution in [0.25, 0.3) is 22.4 Å². The van der Waals surface area contributed by atoms with Gasteiger partial charge in [0.2, 0.25) is 5.91 Å². The summed E-state index contributed by atoms with van der Waals surface area (Å²) in [6.07, 6.45) is 1.82. The predicted molar refractivity (Wildman–Crippen MR) is 167 cm³/mol. The molecular formula is C36H30N4O4. The highest BCUT2D eigenvalue weighted by atomic mass is 16.3. The van der Waals surface area contributed by atoms with Crippen molar-refractivity contribution in [1.82, 2.24) is 9.47 Å². The number of furan rings is 1. The summed E-state index contributed by atoms with van der Waals surface area (Å²) in [7, 11) is 0. The lowest BCUT2D eigenvalue weighted by Gasteiger charge is -2.27. The fourth-order valence-electron chi connectivity index (χ4n) is 5.82. The lowest BCUT2D eigenvalue weighted by Crippen LogP contribution is -2.48. The molecule has 0 saturated carbocycles. The molecule has 0 spiro atoms. The van der Waals surface area contributed by atoms with Crippen LogP contribution in [0.3, 0.4) is 0 Å². The summed E-state index contributed by atoms with van der Waals surface area (Å²) < 4.78 is 7.57. The molecule has 2 aromatic heterocycles. The van der Waals surface area contributed by atoms with Gasteiger partial charge in [-0.3, -0.25) is 19.3 Å². The van der Waals surface area contributed by atoms with Gasteiger partial charge >= 0.3 is 0 Å². The van der Waals surface area contributed by atoms with Crippen molar-refractivity contribution >= 4 is 23.5 Å². The normalized spacial score (nSPS) is 13.2. The van der Waals surface area contributed by atoms with Gasteiger partial charge in [-0.1, -0.05) is 86.6 Å². The standard InChI is InChI=1S/C36H30N4O4/c1-23(2)20-30(40-35(42)27-17-9-10-18-28(27)36(40)43)34(41)38-33-29(21-37)31(24-12-5-3-6-13-24)32(25-14-7-4-8-15-25)39(33)22-26-16-11-19-44-26/h3-19,23,30H,20,22H2,1-2H3,(H,38,41). The Labute approximate surface area is 255 Å². The number of hydrogen-bond acceptors (Lipinski definition) is 5. The summed E-state index contributed by atoms with van der Waals surface area (Å²) in [5.41, 5.74) is 3.83. The van der Waals surface area contributed by atoms with Crippen LogP contribution in [-0.2, 0) is 11.3 Å². The Morgan fingerprint density at radius 3 is 1.98 bits per heavy atom. The van der Waals surface area contributed by atoms with Gasteiger partial charge in [0.15, 0.2) is 0 Å². The molecule has 3 aromatic carbocycles. The molecule has 6 rings (SSSR count). The van der Waals surface area contributed by atoms with E-state index in [9.17, 15) is 19.6 Å². The maximum atomic E-state index is 14.3. The van der Waals surface area contributed by atoms with Crippen molar-refractivity contribution in [3.05, 3.63) is 126 Å². The zero-order valence-corrected chi connectivity index (χ0v) is 24.4. The van der Waals surface area contributed by atoms with E-state index >= 15 is 0 Å². The first-order chi connectivity index (χ1) is 21.4. The number of nitriles is 1. The van der Waals surface area contributed by atoms with Crippen LogP contribution in [0, 0.1) is 17.2 Å². The fourth-order valence-corrected chi connectivity index (χ4v) is 5.82. The SMILES string of the molecule is CC(C)CC(C(=O)Nc1c(C#N)c(-c2ccccc2)c(-c2ccccc2)n1Cc1ccco1)N1C(=O)c2ccccc2C1=O. The van der Waals surface area contributed by atoms with E-state index in [0.29, 0.717) is 11.3 Å². The van der Waals surface area contributed by atoms with Crippen LogP contribution < -0.4 is 5.32 Å². The van der Waals surface area contributed by atoms with Crippen LogP contribution in [-0.4, -0.2) is 33.2 Å². The van der Waals surface area contributed by atoms with Gasteiger partial charge in [0, 0.05) is 5.56 Å². The minimum Gasteiger partial charge on any atom is -0.467 e. The van der Waals surface area contributed by atoms with Crippen molar-refractivity contribution in [3.8, 4) is 28.5 Å². The third-order valence-electron chi connectivity index (χ3n) is 7.76. The summed E-state index contributed by atoms with van der Waals surface area (Å²) in [6.45, 7) is 4.08. The first kappa shape index (κ1) is 28.4. The number of nitrogens with one attached hydrogen (secondary N) is 1. The molecule has 218 valence electrons. The van der Waals surface area contributed by atoms with Gasteiger partial charge in [0.25, 0.3) is 11.8 Å². The van der Waals surface area contributed by atoms with Crippen molar-refractivity contribution in [2.24, 2.45) is 5.92 Å². The van der Waals surface area contributed by atoms with E-state index in [1.54, 1.807) is 36.6 Å². The van der Waals surface area contributed by atoms with E-state index in [1.807, 2.05) is 85.1 Å². The van der Waals surface area contributed by atoms with Gasteiger partial charge in [-0.15, -0.1) is 0 Å². The van der Waals surface area contributed by atoms with Crippen molar-refractivity contribution in [2.75, 3.05) is 5.32 Å². The van der Waals surface area contributed by atoms with Gasteiger partial charge < -0.3 is 14.3 Å². The van der Waals surface area contributed by atoms with Gasteiger partial charge in [0.05, 0.1) is 29.6 Å². The number of carbonyl (C=O) groups excluding carboxylic acids is 3. The van der Waals surface area contributed by atoms with Crippen LogP contribution in [0.4, 0.5) is 5.82 Å². The molecular weight excluding hydrogens is 552 g/mol. The number of rotatable bonds is 9. The van der Waals surface area contributed by atoms with E-state index < -0.39 is 23.8 Å². The smallest absolute Gasteiger partial charge is 0.262 e. The van der Waals surface area contributed by atoms with Crippen molar-refractivity contribution < 1.29 is 18.8 Å². The van der Waals surface area contributed by atoms with E-state index in [0.717, 1.165) is 21.7 Å².